The molecule has 0 amide bonds. The lowest BCUT2D eigenvalue weighted by Gasteiger charge is -2.01. The van der Waals surface area contributed by atoms with Crippen molar-refractivity contribution in [1.29, 1.82) is 0 Å². The number of halogens is 1. The van der Waals surface area contributed by atoms with E-state index in [0.29, 0.717) is 5.56 Å². The molecule has 114 valence electrons. The van der Waals surface area contributed by atoms with Crippen LogP contribution in [0.15, 0.2) is 59.3 Å². The summed E-state index contributed by atoms with van der Waals surface area (Å²) in [6.45, 7) is 0. The Balaban J connectivity index is 2.00. The number of hydrogen-bond acceptors (Lipinski definition) is 5. The molecule has 0 aromatic heterocycles. The van der Waals surface area contributed by atoms with Gasteiger partial charge in [-0.15, -0.1) is 0 Å². The van der Waals surface area contributed by atoms with Crippen LogP contribution in [0, 0.1) is 15.9 Å². The summed E-state index contributed by atoms with van der Waals surface area (Å²) in [5.41, 5.74) is 0.885. The van der Waals surface area contributed by atoms with Gasteiger partial charge in [0.15, 0.2) is 0 Å². The molecule has 0 radical (unpaired) electrons. The Morgan fingerprint density at radius 1 is 1.13 bits per heavy atom. The maximum Gasteiger partial charge on any atom is 0.368 e. The van der Waals surface area contributed by atoms with E-state index in [1.165, 1.54) is 48.5 Å². The van der Waals surface area contributed by atoms with E-state index in [1.807, 2.05) is 0 Å². The van der Waals surface area contributed by atoms with Crippen LogP contribution in [-0.4, -0.2) is 16.6 Å². The van der Waals surface area contributed by atoms with Crippen molar-refractivity contribution in [1.82, 2.24) is 0 Å². The van der Waals surface area contributed by atoms with Crippen molar-refractivity contribution in [3.63, 3.8) is 0 Å². The highest BCUT2D eigenvalue weighted by Crippen LogP contribution is 2.23. The molecule has 23 heavy (non-hydrogen) atoms. The molecule has 6 nitrogen and oxygen atoms in total. The van der Waals surface area contributed by atoms with E-state index in [0.717, 1.165) is 0 Å². The minimum atomic E-state index is -0.707. The largest absolute Gasteiger partial charge is 0.368 e. The summed E-state index contributed by atoms with van der Waals surface area (Å²) >= 11 is 0. The predicted molar refractivity (Wildman–Crippen MR) is 80.1 cm³/mol. The van der Waals surface area contributed by atoms with E-state index < -0.39 is 16.7 Å². The van der Waals surface area contributed by atoms with E-state index in [2.05, 4.69) is 9.99 Å². The number of hydrogen-bond donors (Lipinski definition) is 0. The summed E-state index contributed by atoms with van der Waals surface area (Å²) in [5.74, 6) is -1.19. The number of non-ortho nitro benzene ring substituents is 1. The van der Waals surface area contributed by atoms with Gasteiger partial charge in [0.05, 0.1) is 10.5 Å². The molecule has 0 spiro atoms. The normalized spacial score (nSPS) is 15.4. The van der Waals surface area contributed by atoms with E-state index in [9.17, 15) is 19.3 Å². The van der Waals surface area contributed by atoms with Crippen LogP contribution in [0.5, 0.6) is 0 Å². The predicted octanol–water partition coefficient (Wildman–Crippen LogP) is 3.08. The third-order valence-corrected chi connectivity index (χ3v) is 3.25. The lowest BCUT2D eigenvalue weighted by Crippen LogP contribution is -2.07. The van der Waals surface area contributed by atoms with Gasteiger partial charge in [0.25, 0.3) is 5.69 Å². The second kappa shape index (κ2) is 5.80. The van der Waals surface area contributed by atoms with Gasteiger partial charge in [-0.05, 0) is 24.3 Å². The topological polar surface area (TPSA) is 81.8 Å². The zero-order chi connectivity index (χ0) is 16.4. The zero-order valence-corrected chi connectivity index (χ0v) is 11.6. The Bertz CT molecular complexity index is 857. The molecule has 0 aliphatic carbocycles. The van der Waals surface area contributed by atoms with Crippen LogP contribution in [-0.2, 0) is 9.63 Å². The average Bonchev–Trinajstić information content (AvgIpc) is 2.91. The Kier molecular flexibility index (Phi) is 3.68. The van der Waals surface area contributed by atoms with Gasteiger partial charge in [0.1, 0.15) is 11.5 Å². The van der Waals surface area contributed by atoms with Crippen LogP contribution in [0.25, 0.3) is 6.08 Å². The minimum Gasteiger partial charge on any atom is -0.312 e. The monoisotopic (exact) mass is 312 g/mol. The van der Waals surface area contributed by atoms with Crippen molar-refractivity contribution in [2.75, 3.05) is 0 Å². The molecule has 0 unspecified atom stereocenters. The number of nitro benzene ring substituents is 1. The summed E-state index contributed by atoms with van der Waals surface area (Å²) < 4.78 is 13.7. The number of nitrogens with zero attached hydrogens (tertiary/aromatic N) is 2. The van der Waals surface area contributed by atoms with Crippen LogP contribution in [0.2, 0.25) is 0 Å². The number of carbonyl (C=O) groups is 1. The summed E-state index contributed by atoms with van der Waals surface area (Å²) in [6.07, 6.45) is 1.34. The Morgan fingerprint density at radius 2 is 1.83 bits per heavy atom. The molecule has 0 saturated heterocycles. The van der Waals surface area contributed by atoms with Gasteiger partial charge in [-0.1, -0.05) is 23.4 Å². The molecule has 0 N–H and O–H groups in total. The summed E-state index contributed by atoms with van der Waals surface area (Å²) in [4.78, 5) is 26.6. The van der Waals surface area contributed by atoms with Gasteiger partial charge in [0.2, 0.25) is 0 Å². The average molecular weight is 312 g/mol. The second-order valence-electron chi connectivity index (χ2n) is 4.70. The number of nitro groups is 1. The Morgan fingerprint density at radius 3 is 2.48 bits per heavy atom. The molecule has 1 heterocycles. The highest BCUT2D eigenvalue weighted by Gasteiger charge is 2.27. The second-order valence-corrected chi connectivity index (χ2v) is 4.70. The van der Waals surface area contributed by atoms with Gasteiger partial charge < -0.3 is 4.84 Å². The molecule has 2 aromatic rings. The molecular weight excluding hydrogens is 303 g/mol. The van der Waals surface area contributed by atoms with Crippen LogP contribution < -0.4 is 0 Å². The van der Waals surface area contributed by atoms with Gasteiger partial charge in [-0.25, -0.2) is 9.18 Å². The molecule has 1 aliphatic heterocycles. The summed E-state index contributed by atoms with van der Waals surface area (Å²) in [6, 6.07) is 11.5. The quantitative estimate of drug-likeness (QED) is 0.377. The fourth-order valence-electron chi connectivity index (χ4n) is 2.11. The lowest BCUT2D eigenvalue weighted by molar-refractivity contribution is -0.384. The standard InChI is InChI=1S/C16H9FN2O4/c17-14-4-2-1-3-11(14)9-13-15(18-23-16(13)20)10-5-7-12(8-6-10)19(21)22/h1-9H/b13-9+. The van der Waals surface area contributed by atoms with Gasteiger partial charge in [0, 0.05) is 23.3 Å². The molecule has 7 heteroatoms. The lowest BCUT2D eigenvalue weighted by atomic mass is 10.0. The Hall–Kier alpha value is -3.35. The van der Waals surface area contributed by atoms with E-state index >= 15 is 0 Å². The molecule has 2 aromatic carbocycles. The molecule has 3 rings (SSSR count). The van der Waals surface area contributed by atoms with Gasteiger partial charge in [-0.3, -0.25) is 10.1 Å². The molecular formula is C16H9FN2O4. The van der Waals surface area contributed by atoms with Crippen molar-refractivity contribution < 1.29 is 18.9 Å². The molecule has 0 saturated carbocycles. The summed E-state index contributed by atoms with van der Waals surface area (Å²) in [5, 5.41) is 14.3. The van der Waals surface area contributed by atoms with E-state index in [4.69, 9.17) is 0 Å². The maximum absolute atomic E-state index is 13.7. The molecule has 1 aliphatic rings. The van der Waals surface area contributed by atoms with Crippen molar-refractivity contribution in [2.45, 2.75) is 0 Å². The van der Waals surface area contributed by atoms with Crippen LogP contribution in [0.1, 0.15) is 11.1 Å². The van der Waals surface area contributed by atoms with Crippen molar-refractivity contribution >= 4 is 23.4 Å². The first kappa shape index (κ1) is 14.6. The fourth-order valence-corrected chi connectivity index (χ4v) is 2.11. The first-order chi connectivity index (χ1) is 11.1. The fraction of sp³-hybridized carbons (Fsp3) is 0. The van der Waals surface area contributed by atoms with Crippen molar-refractivity contribution in [2.24, 2.45) is 5.16 Å². The number of oxime groups is 1. The first-order valence-corrected chi connectivity index (χ1v) is 6.57. The highest BCUT2D eigenvalue weighted by molar-refractivity contribution is 6.31. The SMILES string of the molecule is O=C1ON=C(c2ccc([N+](=O)[O-])cc2)/C1=C\c1ccccc1F. The van der Waals surface area contributed by atoms with E-state index in [1.54, 1.807) is 6.07 Å². The van der Waals surface area contributed by atoms with Crippen LogP contribution in [0.4, 0.5) is 10.1 Å². The maximum atomic E-state index is 13.7. The van der Waals surface area contributed by atoms with Crippen LogP contribution in [0.3, 0.4) is 0 Å². The number of benzene rings is 2. The van der Waals surface area contributed by atoms with Crippen molar-refractivity contribution in [3.8, 4) is 0 Å². The van der Waals surface area contributed by atoms with E-state index in [-0.39, 0.29) is 22.5 Å². The zero-order valence-electron chi connectivity index (χ0n) is 11.6. The third kappa shape index (κ3) is 2.84. The third-order valence-electron chi connectivity index (χ3n) is 3.25. The van der Waals surface area contributed by atoms with Gasteiger partial charge in [-0.2, -0.15) is 0 Å². The Labute approximate surface area is 129 Å². The summed E-state index contributed by atoms with van der Waals surface area (Å²) in [7, 11) is 0. The smallest absolute Gasteiger partial charge is 0.312 e. The molecule has 0 fully saturated rings. The minimum absolute atomic E-state index is 0.0841. The molecule has 0 atom stereocenters. The number of carbonyl (C=O) groups excluding carboxylic acids is 1. The van der Waals surface area contributed by atoms with Gasteiger partial charge >= 0.3 is 5.97 Å². The first-order valence-electron chi connectivity index (χ1n) is 6.57. The number of rotatable bonds is 3. The highest BCUT2D eigenvalue weighted by atomic mass is 19.1. The van der Waals surface area contributed by atoms with Crippen LogP contribution >= 0.6 is 0 Å². The van der Waals surface area contributed by atoms with Crippen molar-refractivity contribution in [3.05, 3.63) is 81.2 Å². The molecule has 0 bridgehead atoms.